The van der Waals surface area contributed by atoms with Crippen molar-refractivity contribution in [2.24, 2.45) is 0 Å². The van der Waals surface area contributed by atoms with Gasteiger partial charge in [-0.3, -0.25) is 0 Å². The standard InChI is InChI=1S/C11H13F6NO2/c1-2-18-5-7-3-4-19-8(7)6-20-9(10(12,13)14)11(15,16)17/h3-4,9,18H,2,5-6H2,1H3. The number of nitrogens with one attached hydrogen (secondary N) is 1. The SMILES string of the molecule is CCNCc1ccoc1COC(C(F)(F)F)C(F)(F)F. The molecule has 0 amide bonds. The summed E-state index contributed by atoms with van der Waals surface area (Å²) in [4.78, 5) is 0. The Hall–Kier alpha value is -1.22. The molecule has 1 aromatic heterocycles. The van der Waals surface area contributed by atoms with Gasteiger partial charge in [0.1, 0.15) is 12.4 Å². The second-order valence-electron chi connectivity index (χ2n) is 3.92. The van der Waals surface area contributed by atoms with Crippen LogP contribution in [0.4, 0.5) is 26.3 Å². The largest absolute Gasteiger partial charge is 0.467 e. The van der Waals surface area contributed by atoms with Gasteiger partial charge in [-0.1, -0.05) is 6.92 Å². The molecule has 1 rings (SSSR count). The molecule has 0 aromatic carbocycles. The van der Waals surface area contributed by atoms with E-state index in [0.717, 1.165) is 0 Å². The molecule has 1 aromatic rings. The Kier molecular flexibility index (Phi) is 5.46. The highest BCUT2D eigenvalue weighted by atomic mass is 19.4. The van der Waals surface area contributed by atoms with Crippen LogP contribution < -0.4 is 5.32 Å². The number of rotatable bonds is 6. The molecule has 0 bridgehead atoms. The average molecular weight is 305 g/mol. The molecule has 116 valence electrons. The number of furan rings is 1. The molecule has 9 heteroatoms. The summed E-state index contributed by atoms with van der Waals surface area (Å²) in [5, 5.41) is 2.88. The second kappa shape index (κ2) is 6.49. The third-order valence-corrected chi connectivity index (χ3v) is 2.38. The van der Waals surface area contributed by atoms with Crippen LogP contribution in [0.25, 0.3) is 0 Å². The lowest BCUT2D eigenvalue weighted by molar-refractivity contribution is -0.325. The van der Waals surface area contributed by atoms with Gasteiger partial charge in [0, 0.05) is 12.1 Å². The van der Waals surface area contributed by atoms with Gasteiger partial charge >= 0.3 is 12.4 Å². The molecule has 0 spiro atoms. The molecule has 0 saturated heterocycles. The maximum Gasteiger partial charge on any atom is 0.423 e. The van der Waals surface area contributed by atoms with Crippen LogP contribution in [-0.2, 0) is 17.9 Å². The molecule has 0 saturated carbocycles. The highest BCUT2D eigenvalue weighted by Gasteiger charge is 2.58. The minimum absolute atomic E-state index is 0.0653. The van der Waals surface area contributed by atoms with E-state index in [1.807, 2.05) is 0 Å². The van der Waals surface area contributed by atoms with Gasteiger partial charge in [-0.15, -0.1) is 0 Å². The Morgan fingerprint density at radius 3 is 2.30 bits per heavy atom. The van der Waals surface area contributed by atoms with Crippen molar-refractivity contribution in [2.45, 2.75) is 38.5 Å². The van der Waals surface area contributed by atoms with Gasteiger partial charge < -0.3 is 14.5 Å². The van der Waals surface area contributed by atoms with E-state index < -0.39 is 25.1 Å². The molecule has 0 aliphatic rings. The predicted molar refractivity (Wildman–Crippen MR) is 56.8 cm³/mol. The Morgan fingerprint density at radius 2 is 1.80 bits per heavy atom. The first kappa shape index (κ1) is 16.8. The van der Waals surface area contributed by atoms with Crippen LogP contribution in [0.2, 0.25) is 0 Å². The van der Waals surface area contributed by atoms with Gasteiger partial charge in [0.15, 0.2) is 0 Å². The summed E-state index contributed by atoms with van der Waals surface area (Å²) < 4.78 is 82.4. The topological polar surface area (TPSA) is 34.4 Å². The first-order valence-corrected chi connectivity index (χ1v) is 5.67. The van der Waals surface area contributed by atoms with Crippen LogP contribution in [-0.4, -0.2) is 25.0 Å². The van der Waals surface area contributed by atoms with Gasteiger partial charge in [0.05, 0.1) is 6.26 Å². The average Bonchev–Trinajstić information content (AvgIpc) is 2.70. The Bertz CT molecular complexity index is 398. The van der Waals surface area contributed by atoms with Crippen LogP contribution in [0, 0.1) is 0 Å². The first-order valence-electron chi connectivity index (χ1n) is 5.67. The van der Waals surface area contributed by atoms with Gasteiger partial charge in [0.25, 0.3) is 0 Å². The van der Waals surface area contributed by atoms with E-state index in [4.69, 9.17) is 4.42 Å². The Morgan fingerprint density at radius 1 is 1.20 bits per heavy atom. The van der Waals surface area contributed by atoms with Crippen molar-refractivity contribution in [3.63, 3.8) is 0 Å². The lowest BCUT2D eigenvalue weighted by atomic mass is 10.2. The fourth-order valence-corrected chi connectivity index (χ4v) is 1.44. The normalized spacial score (nSPS) is 13.2. The molecular weight excluding hydrogens is 292 g/mol. The summed E-state index contributed by atoms with van der Waals surface area (Å²) in [7, 11) is 0. The number of alkyl halides is 6. The van der Waals surface area contributed by atoms with E-state index in [2.05, 4.69) is 10.1 Å². The van der Waals surface area contributed by atoms with E-state index in [1.54, 1.807) is 6.92 Å². The molecule has 0 radical (unpaired) electrons. The number of hydrogen-bond donors (Lipinski definition) is 1. The van der Waals surface area contributed by atoms with Crippen molar-refractivity contribution >= 4 is 0 Å². The summed E-state index contributed by atoms with van der Waals surface area (Å²) in [6.07, 6.45) is -13.7. The van der Waals surface area contributed by atoms with Crippen molar-refractivity contribution in [2.75, 3.05) is 6.54 Å². The van der Waals surface area contributed by atoms with E-state index in [-0.39, 0.29) is 12.3 Å². The van der Waals surface area contributed by atoms with Crippen molar-refractivity contribution in [3.05, 3.63) is 23.7 Å². The summed E-state index contributed by atoms with van der Waals surface area (Å²) in [5.41, 5.74) is 0.454. The molecule has 1 heterocycles. The molecule has 0 aliphatic carbocycles. The Balaban J connectivity index is 2.71. The van der Waals surface area contributed by atoms with E-state index in [0.29, 0.717) is 12.1 Å². The van der Waals surface area contributed by atoms with Gasteiger partial charge in [-0.05, 0) is 12.6 Å². The van der Waals surface area contributed by atoms with Crippen molar-refractivity contribution in [3.8, 4) is 0 Å². The maximum atomic E-state index is 12.3. The highest BCUT2D eigenvalue weighted by Crippen LogP contribution is 2.36. The number of ether oxygens (including phenoxy) is 1. The van der Waals surface area contributed by atoms with Gasteiger partial charge in [-0.25, -0.2) is 0 Å². The Labute approximate surface area is 110 Å². The third-order valence-electron chi connectivity index (χ3n) is 2.38. The van der Waals surface area contributed by atoms with Crippen LogP contribution in [0.1, 0.15) is 18.2 Å². The van der Waals surface area contributed by atoms with Gasteiger partial charge in [-0.2, -0.15) is 26.3 Å². The number of halogens is 6. The lowest BCUT2D eigenvalue weighted by Crippen LogP contribution is -2.44. The van der Waals surface area contributed by atoms with E-state index in [1.165, 1.54) is 12.3 Å². The van der Waals surface area contributed by atoms with Gasteiger partial charge in [0.2, 0.25) is 6.10 Å². The summed E-state index contributed by atoms with van der Waals surface area (Å²) in [6.45, 7) is 1.77. The minimum atomic E-state index is -5.52. The summed E-state index contributed by atoms with van der Waals surface area (Å²) in [5.74, 6) is -0.0653. The minimum Gasteiger partial charge on any atom is -0.467 e. The summed E-state index contributed by atoms with van der Waals surface area (Å²) in [6, 6.07) is 1.46. The quantitative estimate of drug-likeness (QED) is 0.818. The van der Waals surface area contributed by atoms with Crippen LogP contribution in [0.3, 0.4) is 0 Å². The molecule has 20 heavy (non-hydrogen) atoms. The fraction of sp³-hybridized carbons (Fsp3) is 0.636. The van der Waals surface area contributed by atoms with Crippen molar-refractivity contribution < 1.29 is 35.5 Å². The third kappa shape index (κ3) is 4.71. The highest BCUT2D eigenvalue weighted by molar-refractivity contribution is 5.16. The zero-order chi connectivity index (χ0) is 15.4. The monoisotopic (exact) mass is 305 g/mol. The zero-order valence-electron chi connectivity index (χ0n) is 10.4. The van der Waals surface area contributed by atoms with Crippen LogP contribution in [0.15, 0.2) is 16.7 Å². The molecular formula is C11H13F6NO2. The fourth-order valence-electron chi connectivity index (χ4n) is 1.44. The van der Waals surface area contributed by atoms with Crippen molar-refractivity contribution in [1.29, 1.82) is 0 Å². The molecule has 0 fully saturated rings. The zero-order valence-corrected chi connectivity index (χ0v) is 10.4. The van der Waals surface area contributed by atoms with E-state index in [9.17, 15) is 26.3 Å². The van der Waals surface area contributed by atoms with Crippen molar-refractivity contribution in [1.82, 2.24) is 5.32 Å². The van der Waals surface area contributed by atoms with Crippen LogP contribution in [0.5, 0.6) is 0 Å². The molecule has 0 atom stereocenters. The smallest absolute Gasteiger partial charge is 0.423 e. The summed E-state index contributed by atoms with van der Waals surface area (Å²) >= 11 is 0. The molecule has 0 unspecified atom stereocenters. The molecule has 3 nitrogen and oxygen atoms in total. The lowest BCUT2D eigenvalue weighted by Gasteiger charge is -2.22. The maximum absolute atomic E-state index is 12.3. The van der Waals surface area contributed by atoms with Crippen LogP contribution >= 0.6 is 0 Å². The molecule has 0 aliphatic heterocycles. The first-order chi connectivity index (χ1) is 9.16. The number of hydrogen-bond acceptors (Lipinski definition) is 3. The van der Waals surface area contributed by atoms with E-state index >= 15 is 0 Å². The molecule has 1 N–H and O–H groups in total. The second-order valence-corrected chi connectivity index (χ2v) is 3.92. The predicted octanol–water partition coefficient (Wildman–Crippen LogP) is 3.40.